The molecule has 0 spiro atoms. The number of nitrogens with one attached hydrogen (secondary N) is 1. The molecule has 0 aliphatic carbocycles. The van der Waals surface area contributed by atoms with Crippen LogP contribution in [0, 0.1) is 6.92 Å². The van der Waals surface area contributed by atoms with E-state index in [2.05, 4.69) is 10.4 Å². The molecule has 0 bridgehead atoms. The van der Waals surface area contributed by atoms with Crippen LogP contribution in [0.2, 0.25) is 0 Å². The number of rotatable bonds is 8. The lowest BCUT2D eigenvalue weighted by Gasteiger charge is -2.14. The molecule has 3 aromatic rings. The Labute approximate surface area is 198 Å². The molecule has 1 unspecified atom stereocenters. The van der Waals surface area contributed by atoms with Gasteiger partial charge in [0.05, 0.1) is 28.8 Å². The zero-order valence-electron chi connectivity index (χ0n) is 18.9. The van der Waals surface area contributed by atoms with Crippen LogP contribution >= 0.6 is 0 Å². The number of nitrogens with zero attached hydrogens (tertiary/aromatic N) is 2. The lowest BCUT2D eigenvalue weighted by molar-refractivity contribution is -0.119. The molecule has 8 nitrogen and oxygen atoms in total. The summed E-state index contributed by atoms with van der Waals surface area (Å²) < 4.78 is 30.5. The second-order valence-electron chi connectivity index (χ2n) is 8.44. The van der Waals surface area contributed by atoms with Crippen LogP contribution in [0.25, 0.3) is 0 Å². The summed E-state index contributed by atoms with van der Waals surface area (Å²) in [5.74, 6) is -0.594. The predicted octanol–water partition coefficient (Wildman–Crippen LogP) is 3.13. The molecule has 1 aliphatic rings. The maximum absolute atomic E-state index is 12.7. The second-order valence-corrected chi connectivity index (χ2v) is 10.7. The molecule has 1 fully saturated rings. The van der Waals surface area contributed by atoms with Crippen molar-refractivity contribution in [2.24, 2.45) is 0 Å². The minimum Gasteiger partial charge on any atom is -0.452 e. The maximum Gasteiger partial charge on any atom is 0.338 e. The summed E-state index contributed by atoms with van der Waals surface area (Å²) in [7, 11) is -3.10. The number of ether oxygens (including phenoxy) is 1. The van der Waals surface area contributed by atoms with Gasteiger partial charge in [0.2, 0.25) is 0 Å². The molecule has 1 amide bonds. The quantitative estimate of drug-likeness (QED) is 0.496. The van der Waals surface area contributed by atoms with Crippen molar-refractivity contribution in [3.63, 3.8) is 0 Å². The highest BCUT2D eigenvalue weighted by Gasteiger charge is 2.31. The Morgan fingerprint density at radius 3 is 2.56 bits per heavy atom. The van der Waals surface area contributed by atoms with E-state index in [4.69, 9.17) is 4.74 Å². The average Bonchev–Trinajstić information content (AvgIpc) is 3.37. The van der Waals surface area contributed by atoms with Crippen molar-refractivity contribution in [1.29, 1.82) is 0 Å². The molecule has 178 valence electrons. The first kappa shape index (κ1) is 23.7. The summed E-state index contributed by atoms with van der Waals surface area (Å²) in [6.07, 6.45) is 1.90. The highest BCUT2D eigenvalue weighted by molar-refractivity contribution is 7.91. The van der Waals surface area contributed by atoms with E-state index >= 15 is 0 Å². The molecule has 2 aromatic carbocycles. The molecular weight excluding hydrogens is 454 g/mol. The minimum atomic E-state index is -3.10. The summed E-state index contributed by atoms with van der Waals surface area (Å²) >= 11 is 0. The van der Waals surface area contributed by atoms with Crippen molar-refractivity contribution in [2.45, 2.75) is 32.2 Å². The van der Waals surface area contributed by atoms with Crippen LogP contribution in [-0.4, -0.2) is 48.2 Å². The van der Waals surface area contributed by atoms with Crippen molar-refractivity contribution in [3.05, 3.63) is 83.0 Å². The zero-order chi connectivity index (χ0) is 24.1. The summed E-state index contributed by atoms with van der Waals surface area (Å²) in [6, 6.07) is 18.6. The van der Waals surface area contributed by atoms with E-state index in [9.17, 15) is 18.0 Å². The number of hydrogen-bond donors (Lipinski definition) is 1. The lowest BCUT2D eigenvalue weighted by atomic mass is 10.00. The molecule has 4 rings (SSSR count). The van der Waals surface area contributed by atoms with Gasteiger partial charge < -0.3 is 10.1 Å². The Morgan fingerprint density at radius 1 is 1.09 bits per heavy atom. The van der Waals surface area contributed by atoms with Gasteiger partial charge in [0.1, 0.15) is 5.82 Å². The second kappa shape index (κ2) is 10.2. The van der Waals surface area contributed by atoms with Gasteiger partial charge in [-0.15, -0.1) is 0 Å². The molecule has 0 saturated carbocycles. The van der Waals surface area contributed by atoms with Gasteiger partial charge in [-0.25, -0.2) is 17.9 Å². The first-order valence-corrected chi connectivity index (χ1v) is 13.0. The van der Waals surface area contributed by atoms with E-state index in [1.165, 1.54) is 5.56 Å². The van der Waals surface area contributed by atoms with Crippen LogP contribution in [0.1, 0.15) is 39.6 Å². The predicted molar refractivity (Wildman–Crippen MR) is 128 cm³/mol. The van der Waals surface area contributed by atoms with E-state index in [1.807, 2.05) is 42.5 Å². The summed E-state index contributed by atoms with van der Waals surface area (Å²) in [5, 5.41) is 7.03. The molecule has 1 atom stereocenters. The Morgan fingerprint density at radius 2 is 1.82 bits per heavy atom. The van der Waals surface area contributed by atoms with Gasteiger partial charge in [-0.2, -0.15) is 5.10 Å². The fraction of sp³-hybridized carbons (Fsp3) is 0.320. The Hall–Kier alpha value is -3.46. The molecule has 1 N–H and O–H groups in total. The van der Waals surface area contributed by atoms with E-state index in [-0.39, 0.29) is 17.5 Å². The van der Waals surface area contributed by atoms with Crippen molar-refractivity contribution >= 4 is 27.5 Å². The monoisotopic (exact) mass is 481 g/mol. The number of hydrogen-bond acceptors (Lipinski definition) is 6. The van der Waals surface area contributed by atoms with Gasteiger partial charge in [-0.1, -0.05) is 48.5 Å². The third-order valence-electron chi connectivity index (χ3n) is 5.78. The van der Waals surface area contributed by atoms with Crippen LogP contribution in [0.5, 0.6) is 0 Å². The van der Waals surface area contributed by atoms with Gasteiger partial charge in [0.25, 0.3) is 5.91 Å². The number of sulfone groups is 1. The number of amides is 1. The van der Waals surface area contributed by atoms with E-state index in [0.717, 1.165) is 12.0 Å². The molecule has 34 heavy (non-hydrogen) atoms. The topological polar surface area (TPSA) is 107 Å². The molecule has 2 heterocycles. The molecule has 1 saturated heterocycles. The smallest absolute Gasteiger partial charge is 0.338 e. The van der Waals surface area contributed by atoms with Crippen LogP contribution in [0.15, 0.2) is 60.7 Å². The Kier molecular flexibility index (Phi) is 7.12. The van der Waals surface area contributed by atoms with Crippen LogP contribution < -0.4 is 5.32 Å². The molecule has 1 aliphatic heterocycles. The van der Waals surface area contributed by atoms with Crippen molar-refractivity contribution in [3.8, 4) is 0 Å². The highest BCUT2D eigenvalue weighted by atomic mass is 32.2. The van der Waals surface area contributed by atoms with Crippen LogP contribution in [0.3, 0.4) is 0 Å². The Balaban J connectivity index is 1.36. The fourth-order valence-electron chi connectivity index (χ4n) is 4.11. The van der Waals surface area contributed by atoms with Gasteiger partial charge in [-0.05, 0) is 43.4 Å². The minimum absolute atomic E-state index is 0.00819. The van der Waals surface area contributed by atoms with Gasteiger partial charge in [0.15, 0.2) is 16.4 Å². The molecule has 1 aromatic heterocycles. The third kappa shape index (κ3) is 5.91. The van der Waals surface area contributed by atoms with Crippen LogP contribution in [0.4, 0.5) is 5.82 Å². The number of carbonyl (C=O) groups excluding carboxylic acids is 2. The number of benzene rings is 2. The van der Waals surface area contributed by atoms with Gasteiger partial charge >= 0.3 is 5.97 Å². The number of aromatic nitrogens is 2. The summed E-state index contributed by atoms with van der Waals surface area (Å²) in [5.41, 5.74) is 3.12. The van der Waals surface area contributed by atoms with E-state index < -0.39 is 28.3 Å². The Bertz CT molecular complexity index is 1280. The standard InChI is InChI=1S/C25H27N3O5S/c1-18-15-23(28(27-18)21-13-14-34(31,32)17-21)26-24(29)16-33-25(30)22-10-6-5-9-20(22)12-11-19-7-3-2-4-8-19/h2-10,15,21H,11-14,16-17H2,1H3,(H,26,29). The normalized spacial score (nSPS) is 16.8. The molecule has 0 radical (unpaired) electrons. The average molecular weight is 482 g/mol. The number of anilines is 1. The lowest BCUT2D eigenvalue weighted by Crippen LogP contribution is -2.24. The van der Waals surface area contributed by atoms with Gasteiger partial charge in [0, 0.05) is 6.07 Å². The third-order valence-corrected chi connectivity index (χ3v) is 7.53. The first-order chi connectivity index (χ1) is 16.3. The fourth-order valence-corrected chi connectivity index (χ4v) is 5.80. The maximum atomic E-state index is 12.7. The first-order valence-electron chi connectivity index (χ1n) is 11.2. The highest BCUT2D eigenvalue weighted by Crippen LogP contribution is 2.27. The molecule has 9 heteroatoms. The number of carbonyl (C=O) groups is 2. The largest absolute Gasteiger partial charge is 0.452 e. The van der Waals surface area contributed by atoms with Crippen molar-refractivity contribution in [1.82, 2.24) is 9.78 Å². The SMILES string of the molecule is Cc1cc(NC(=O)COC(=O)c2ccccc2CCc2ccccc2)n(C2CCS(=O)(=O)C2)n1. The summed E-state index contributed by atoms with van der Waals surface area (Å²) in [6.45, 7) is 1.31. The van der Waals surface area contributed by atoms with Gasteiger partial charge in [-0.3, -0.25) is 4.79 Å². The van der Waals surface area contributed by atoms with E-state index in [1.54, 1.807) is 29.8 Å². The molecular formula is C25H27N3O5S. The van der Waals surface area contributed by atoms with Crippen LogP contribution in [-0.2, 0) is 32.2 Å². The van der Waals surface area contributed by atoms with E-state index in [0.29, 0.717) is 29.9 Å². The summed E-state index contributed by atoms with van der Waals surface area (Å²) in [4.78, 5) is 25.2. The van der Waals surface area contributed by atoms with Crippen molar-refractivity contribution < 1.29 is 22.7 Å². The number of aryl methyl sites for hydroxylation is 3. The van der Waals surface area contributed by atoms with Crippen molar-refractivity contribution in [2.75, 3.05) is 23.4 Å². The zero-order valence-corrected chi connectivity index (χ0v) is 19.8. The number of esters is 1.